The van der Waals surface area contributed by atoms with Gasteiger partial charge in [-0.2, -0.15) is 0 Å². The molecule has 0 unspecified atom stereocenters. The van der Waals surface area contributed by atoms with Crippen molar-refractivity contribution in [1.82, 2.24) is 10.3 Å². The first-order chi connectivity index (χ1) is 12.8. The van der Waals surface area contributed by atoms with E-state index in [1.807, 2.05) is 47.9 Å². The number of amides is 1. The van der Waals surface area contributed by atoms with E-state index < -0.39 is 0 Å². The molecule has 4 aromatic rings. The number of nitrogens with one attached hydrogen (secondary N) is 1. The minimum Gasteiger partial charge on any atom is -0.443 e. The maximum absolute atomic E-state index is 12.1. The van der Waals surface area contributed by atoms with Gasteiger partial charge in [-0.1, -0.05) is 48.5 Å². The molecule has 2 aromatic heterocycles. The summed E-state index contributed by atoms with van der Waals surface area (Å²) in [6.07, 6.45) is 4.95. The molecule has 0 saturated heterocycles. The molecule has 1 N–H and O–H groups in total. The van der Waals surface area contributed by atoms with Gasteiger partial charge in [-0.05, 0) is 33.9 Å². The van der Waals surface area contributed by atoms with E-state index in [4.69, 9.17) is 4.42 Å². The Morgan fingerprint density at radius 1 is 1.12 bits per heavy atom. The van der Waals surface area contributed by atoms with Crippen molar-refractivity contribution in [3.8, 4) is 10.8 Å². The number of fused-ring (bicyclic) bond motifs is 1. The first-order valence-electron chi connectivity index (χ1n) is 8.21. The highest BCUT2D eigenvalue weighted by atomic mass is 32.1. The maximum Gasteiger partial charge on any atom is 0.244 e. The van der Waals surface area contributed by atoms with Crippen LogP contribution in [0.1, 0.15) is 11.3 Å². The Kier molecular flexibility index (Phi) is 4.62. The fourth-order valence-corrected chi connectivity index (χ4v) is 3.35. The summed E-state index contributed by atoms with van der Waals surface area (Å²) in [5.41, 5.74) is 1.71. The van der Waals surface area contributed by atoms with Crippen molar-refractivity contribution < 1.29 is 9.21 Å². The summed E-state index contributed by atoms with van der Waals surface area (Å²) in [5.74, 6) is 0.411. The second kappa shape index (κ2) is 7.37. The topological polar surface area (TPSA) is 55.1 Å². The lowest BCUT2D eigenvalue weighted by Gasteiger charge is -2.02. The number of oxazole rings is 1. The minimum atomic E-state index is -0.168. The number of hydrogen-bond donors (Lipinski definition) is 1. The highest BCUT2D eigenvalue weighted by molar-refractivity contribution is 7.13. The van der Waals surface area contributed by atoms with Crippen molar-refractivity contribution in [3.05, 3.63) is 83.6 Å². The predicted molar refractivity (Wildman–Crippen MR) is 105 cm³/mol. The molecule has 4 rings (SSSR count). The molecule has 0 radical (unpaired) electrons. The Hall–Kier alpha value is -3.18. The average Bonchev–Trinajstić information content (AvgIpc) is 3.36. The lowest BCUT2D eigenvalue weighted by Crippen LogP contribution is -2.20. The van der Waals surface area contributed by atoms with Gasteiger partial charge in [0, 0.05) is 6.08 Å². The first kappa shape index (κ1) is 16.3. The van der Waals surface area contributed by atoms with Crippen LogP contribution in [0.4, 0.5) is 0 Å². The van der Waals surface area contributed by atoms with Gasteiger partial charge >= 0.3 is 0 Å². The third-order valence-electron chi connectivity index (χ3n) is 3.97. The van der Waals surface area contributed by atoms with Crippen LogP contribution in [0.25, 0.3) is 27.6 Å². The lowest BCUT2D eigenvalue weighted by molar-refractivity contribution is -0.116. The molecule has 0 aliphatic rings. The van der Waals surface area contributed by atoms with Crippen LogP contribution >= 0.6 is 11.3 Å². The number of thiophene rings is 1. The standard InChI is InChI=1S/C21H16N2O2S/c24-20(11-10-16-7-3-6-15-5-1-2-8-18(15)16)22-13-17-14-25-21(23-17)19-9-4-12-26-19/h1-12,14H,13H2,(H,22,24). The minimum absolute atomic E-state index is 0.168. The molecule has 128 valence electrons. The quantitative estimate of drug-likeness (QED) is 0.516. The Bertz CT molecular complexity index is 1060. The van der Waals surface area contributed by atoms with E-state index in [1.54, 1.807) is 23.7 Å². The first-order valence-corrected chi connectivity index (χ1v) is 9.09. The molecule has 2 heterocycles. The SMILES string of the molecule is O=C(C=Cc1cccc2ccccc12)NCc1coc(-c2cccs2)n1. The van der Waals surface area contributed by atoms with Gasteiger partial charge in [0.25, 0.3) is 0 Å². The summed E-state index contributed by atoms with van der Waals surface area (Å²) in [4.78, 5) is 17.5. The Labute approximate surface area is 154 Å². The van der Waals surface area contributed by atoms with Crippen molar-refractivity contribution in [2.24, 2.45) is 0 Å². The molecule has 0 spiro atoms. The summed E-state index contributed by atoms with van der Waals surface area (Å²) in [6.45, 7) is 0.327. The van der Waals surface area contributed by atoms with Crippen LogP contribution < -0.4 is 5.32 Å². The van der Waals surface area contributed by atoms with Crippen LogP contribution in [0, 0.1) is 0 Å². The van der Waals surface area contributed by atoms with Gasteiger partial charge in [0.15, 0.2) is 0 Å². The molecule has 0 fully saturated rings. The van der Waals surface area contributed by atoms with E-state index >= 15 is 0 Å². The molecule has 26 heavy (non-hydrogen) atoms. The van der Waals surface area contributed by atoms with Crippen LogP contribution in [0.15, 0.2) is 76.7 Å². The second-order valence-corrected chi connectivity index (χ2v) is 6.69. The molecule has 4 nitrogen and oxygen atoms in total. The van der Waals surface area contributed by atoms with E-state index in [-0.39, 0.29) is 5.91 Å². The largest absolute Gasteiger partial charge is 0.443 e. The zero-order chi connectivity index (χ0) is 17.8. The monoisotopic (exact) mass is 360 g/mol. The average molecular weight is 360 g/mol. The van der Waals surface area contributed by atoms with E-state index in [0.717, 1.165) is 21.2 Å². The van der Waals surface area contributed by atoms with Gasteiger partial charge in [0.2, 0.25) is 11.8 Å². The van der Waals surface area contributed by atoms with Crippen LogP contribution in [0.3, 0.4) is 0 Å². The van der Waals surface area contributed by atoms with Crippen molar-refractivity contribution in [3.63, 3.8) is 0 Å². The summed E-state index contributed by atoms with van der Waals surface area (Å²) in [5, 5.41) is 7.08. The van der Waals surface area contributed by atoms with Crippen molar-refractivity contribution in [2.45, 2.75) is 6.54 Å². The van der Waals surface area contributed by atoms with E-state index in [0.29, 0.717) is 18.1 Å². The van der Waals surface area contributed by atoms with Gasteiger partial charge < -0.3 is 9.73 Å². The molecule has 2 aromatic carbocycles. The number of carbonyl (C=O) groups excluding carboxylic acids is 1. The van der Waals surface area contributed by atoms with Gasteiger partial charge in [0.1, 0.15) is 6.26 Å². The number of hydrogen-bond acceptors (Lipinski definition) is 4. The summed E-state index contributed by atoms with van der Waals surface area (Å²) < 4.78 is 5.45. The van der Waals surface area contributed by atoms with Crippen LogP contribution in [-0.2, 0) is 11.3 Å². The predicted octanol–water partition coefficient (Wildman–Crippen LogP) is 4.89. The molecule has 1 amide bonds. The summed E-state index contributed by atoms with van der Waals surface area (Å²) in [7, 11) is 0. The normalized spacial score (nSPS) is 11.2. The zero-order valence-corrected chi connectivity index (χ0v) is 14.7. The van der Waals surface area contributed by atoms with Crippen LogP contribution in [0.2, 0.25) is 0 Å². The Morgan fingerprint density at radius 3 is 2.88 bits per heavy atom. The highest BCUT2D eigenvalue weighted by Crippen LogP contribution is 2.23. The zero-order valence-electron chi connectivity index (χ0n) is 13.9. The van der Waals surface area contributed by atoms with Crippen molar-refractivity contribution in [2.75, 3.05) is 0 Å². The molecular formula is C21H16N2O2S. The molecule has 0 aliphatic carbocycles. The van der Waals surface area contributed by atoms with Crippen molar-refractivity contribution in [1.29, 1.82) is 0 Å². The van der Waals surface area contributed by atoms with Gasteiger partial charge in [-0.3, -0.25) is 4.79 Å². The second-order valence-electron chi connectivity index (χ2n) is 5.74. The number of rotatable bonds is 5. The van der Waals surface area contributed by atoms with E-state index in [1.165, 1.54) is 0 Å². The van der Waals surface area contributed by atoms with Crippen molar-refractivity contribution >= 4 is 34.1 Å². The number of benzene rings is 2. The molecular weight excluding hydrogens is 344 g/mol. The number of carbonyl (C=O) groups is 1. The summed E-state index contributed by atoms with van der Waals surface area (Å²) >= 11 is 1.57. The number of nitrogens with zero attached hydrogens (tertiary/aromatic N) is 1. The third-order valence-corrected chi connectivity index (χ3v) is 4.82. The van der Waals surface area contributed by atoms with Crippen LogP contribution in [-0.4, -0.2) is 10.9 Å². The number of aromatic nitrogens is 1. The van der Waals surface area contributed by atoms with E-state index in [2.05, 4.69) is 28.5 Å². The van der Waals surface area contributed by atoms with Gasteiger partial charge in [-0.25, -0.2) is 4.98 Å². The highest BCUT2D eigenvalue weighted by Gasteiger charge is 2.08. The van der Waals surface area contributed by atoms with Gasteiger partial charge in [-0.15, -0.1) is 11.3 Å². The fourth-order valence-electron chi connectivity index (χ4n) is 2.70. The maximum atomic E-state index is 12.1. The van der Waals surface area contributed by atoms with E-state index in [9.17, 15) is 4.79 Å². The Balaban J connectivity index is 1.40. The lowest BCUT2D eigenvalue weighted by atomic mass is 10.0. The smallest absolute Gasteiger partial charge is 0.244 e. The van der Waals surface area contributed by atoms with Crippen LogP contribution in [0.5, 0.6) is 0 Å². The molecule has 0 aliphatic heterocycles. The molecule has 0 atom stereocenters. The third kappa shape index (κ3) is 3.58. The summed E-state index contributed by atoms with van der Waals surface area (Å²) in [6, 6.07) is 18.0. The van der Waals surface area contributed by atoms with Gasteiger partial charge in [0.05, 0.1) is 17.1 Å². The molecule has 0 saturated carbocycles. The fraction of sp³-hybridized carbons (Fsp3) is 0.0476. The molecule has 0 bridgehead atoms. The Morgan fingerprint density at radius 2 is 2.00 bits per heavy atom. The molecule has 5 heteroatoms.